The number of carbonyl (C=O) groups is 2. The van der Waals surface area contributed by atoms with Crippen LogP contribution < -0.4 is 5.32 Å². The molecule has 2 rings (SSSR count). The van der Waals surface area contributed by atoms with Crippen LogP contribution in [0.2, 0.25) is 0 Å². The maximum absolute atomic E-state index is 12.4. The van der Waals surface area contributed by atoms with Crippen molar-refractivity contribution in [2.75, 3.05) is 13.1 Å². The van der Waals surface area contributed by atoms with Crippen LogP contribution >= 0.6 is 22.6 Å². The lowest BCUT2D eigenvalue weighted by atomic mass is 10.1. The Morgan fingerprint density at radius 1 is 1.44 bits per heavy atom. The molecule has 1 aromatic rings. The molecule has 96 valence electrons. The number of benzene rings is 1. The first-order chi connectivity index (χ1) is 8.63. The highest BCUT2D eigenvalue weighted by Gasteiger charge is 2.31. The fourth-order valence-corrected chi connectivity index (χ4v) is 2.48. The van der Waals surface area contributed by atoms with Crippen molar-refractivity contribution in [3.63, 3.8) is 0 Å². The van der Waals surface area contributed by atoms with E-state index >= 15 is 0 Å². The van der Waals surface area contributed by atoms with Gasteiger partial charge in [-0.2, -0.15) is 0 Å². The first-order valence-electron chi connectivity index (χ1n) is 5.97. The third kappa shape index (κ3) is 2.66. The van der Waals surface area contributed by atoms with E-state index in [-0.39, 0.29) is 17.9 Å². The molecular formula is C13H15IN2O2. The lowest BCUT2D eigenvalue weighted by Gasteiger charge is -2.34. The molecule has 0 radical (unpaired) electrons. The van der Waals surface area contributed by atoms with Gasteiger partial charge in [0.2, 0.25) is 5.91 Å². The van der Waals surface area contributed by atoms with Gasteiger partial charge in [-0.25, -0.2) is 0 Å². The molecule has 1 N–H and O–H groups in total. The number of nitrogens with one attached hydrogen (secondary N) is 1. The second-order valence-electron chi connectivity index (χ2n) is 4.22. The lowest BCUT2D eigenvalue weighted by Crippen LogP contribution is -2.56. The van der Waals surface area contributed by atoms with Gasteiger partial charge in [0, 0.05) is 22.2 Å². The number of hydrogen-bond donors (Lipinski definition) is 1. The van der Waals surface area contributed by atoms with Gasteiger partial charge < -0.3 is 10.2 Å². The zero-order valence-corrected chi connectivity index (χ0v) is 12.3. The highest BCUT2D eigenvalue weighted by molar-refractivity contribution is 14.1. The fourth-order valence-electron chi connectivity index (χ4n) is 2.12. The van der Waals surface area contributed by atoms with Crippen LogP contribution in [0.3, 0.4) is 0 Å². The summed E-state index contributed by atoms with van der Waals surface area (Å²) in [6.45, 7) is 3.03. The Labute approximate surface area is 120 Å². The van der Waals surface area contributed by atoms with Crippen molar-refractivity contribution in [2.45, 2.75) is 19.4 Å². The summed E-state index contributed by atoms with van der Waals surface area (Å²) in [6, 6.07) is 7.08. The van der Waals surface area contributed by atoms with Crippen molar-refractivity contribution in [3.05, 3.63) is 33.4 Å². The van der Waals surface area contributed by atoms with Gasteiger partial charge in [0.1, 0.15) is 6.04 Å². The van der Waals surface area contributed by atoms with Gasteiger partial charge in [0.05, 0.1) is 0 Å². The van der Waals surface area contributed by atoms with Crippen LogP contribution in [0.1, 0.15) is 23.7 Å². The van der Waals surface area contributed by atoms with E-state index in [4.69, 9.17) is 0 Å². The van der Waals surface area contributed by atoms with E-state index < -0.39 is 0 Å². The number of piperazine rings is 1. The summed E-state index contributed by atoms with van der Waals surface area (Å²) in [4.78, 5) is 25.8. The largest absolute Gasteiger partial charge is 0.353 e. The molecule has 1 aromatic carbocycles. The Bertz CT molecular complexity index is 459. The highest BCUT2D eigenvalue weighted by atomic mass is 127. The SMILES string of the molecule is CCC1C(=O)NCCN1C(=O)c1ccc(I)cc1. The van der Waals surface area contributed by atoms with Crippen molar-refractivity contribution in [1.29, 1.82) is 0 Å². The van der Waals surface area contributed by atoms with Crippen molar-refractivity contribution < 1.29 is 9.59 Å². The van der Waals surface area contributed by atoms with Gasteiger partial charge in [-0.3, -0.25) is 9.59 Å². The Morgan fingerprint density at radius 3 is 2.72 bits per heavy atom. The van der Waals surface area contributed by atoms with E-state index in [1.807, 2.05) is 31.2 Å². The van der Waals surface area contributed by atoms with E-state index in [9.17, 15) is 9.59 Å². The predicted octanol–water partition coefficient (Wildman–Crippen LogP) is 1.64. The molecule has 0 spiro atoms. The van der Waals surface area contributed by atoms with Crippen LogP contribution in [-0.4, -0.2) is 35.8 Å². The Hall–Kier alpha value is -1.11. The third-order valence-corrected chi connectivity index (χ3v) is 3.79. The standard InChI is InChI=1S/C13H15IN2O2/c1-2-11-12(17)15-7-8-16(11)13(18)9-3-5-10(14)6-4-9/h3-6,11H,2,7-8H2,1H3,(H,15,17). The van der Waals surface area contributed by atoms with Gasteiger partial charge >= 0.3 is 0 Å². The van der Waals surface area contributed by atoms with E-state index in [1.54, 1.807) is 4.90 Å². The summed E-state index contributed by atoms with van der Waals surface area (Å²) >= 11 is 2.20. The molecule has 0 aliphatic carbocycles. The topological polar surface area (TPSA) is 49.4 Å². The number of amides is 2. The van der Waals surface area contributed by atoms with Crippen molar-refractivity contribution in [3.8, 4) is 0 Å². The van der Waals surface area contributed by atoms with E-state index in [2.05, 4.69) is 27.9 Å². The first kappa shape index (κ1) is 13.3. The summed E-state index contributed by atoms with van der Waals surface area (Å²) < 4.78 is 1.09. The quantitative estimate of drug-likeness (QED) is 0.818. The summed E-state index contributed by atoms with van der Waals surface area (Å²) in [5.74, 6) is -0.115. The molecule has 1 unspecified atom stereocenters. The number of halogens is 1. The molecular weight excluding hydrogens is 343 g/mol. The van der Waals surface area contributed by atoms with Crippen LogP contribution in [-0.2, 0) is 4.79 Å². The summed E-state index contributed by atoms with van der Waals surface area (Å²) in [5.41, 5.74) is 0.642. The number of hydrogen-bond acceptors (Lipinski definition) is 2. The molecule has 4 nitrogen and oxygen atoms in total. The number of nitrogens with zero attached hydrogens (tertiary/aromatic N) is 1. The van der Waals surface area contributed by atoms with Crippen LogP contribution in [0.15, 0.2) is 24.3 Å². The van der Waals surface area contributed by atoms with Gasteiger partial charge in [0.15, 0.2) is 0 Å². The first-order valence-corrected chi connectivity index (χ1v) is 7.05. The molecule has 1 atom stereocenters. The summed E-state index contributed by atoms with van der Waals surface area (Å²) in [6.07, 6.45) is 0.641. The maximum Gasteiger partial charge on any atom is 0.254 e. The van der Waals surface area contributed by atoms with Gasteiger partial charge in [0.25, 0.3) is 5.91 Å². The molecule has 1 saturated heterocycles. The zero-order chi connectivity index (χ0) is 13.1. The minimum absolute atomic E-state index is 0.0531. The zero-order valence-electron chi connectivity index (χ0n) is 10.1. The minimum Gasteiger partial charge on any atom is -0.353 e. The number of rotatable bonds is 2. The Kier molecular flexibility index (Phi) is 4.21. The number of carbonyl (C=O) groups excluding carboxylic acids is 2. The Balaban J connectivity index is 2.21. The highest BCUT2D eigenvalue weighted by Crippen LogP contribution is 2.15. The minimum atomic E-state index is -0.342. The van der Waals surface area contributed by atoms with Crippen molar-refractivity contribution in [1.82, 2.24) is 10.2 Å². The average Bonchev–Trinajstić information content (AvgIpc) is 2.38. The molecule has 18 heavy (non-hydrogen) atoms. The van der Waals surface area contributed by atoms with Crippen molar-refractivity contribution in [2.24, 2.45) is 0 Å². The molecule has 0 bridgehead atoms. The third-order valence-electron chi connectivity index (χ3n) is 3.07. The molecule has 0 aromatic heterocycles. The van der Waals surface area contributed by atoms with Gasteiger partial charge in [-0.1, -0.05) is 6.92 Å². The van der Waals surface area contributed by atoms with Crippen LogP contribution in [0.5, 0.6) is 0 Å². The van der Waals surface area contributed by atoms with Gasteiger partial charge in [-0.15, -0.1) is 0 Å². The molecule has 1 aliphatic heterocycles. The van der Waals surface area contributed by atoms with E-state index in [1.165, 1.54) is 0 Å². The lowest BCUT2D eigenvalue weighted by molar-refractivity contribution is -0.127. The summed E-state index contributed by atoms with van der Waals surface area (Å²) in [7, 11) is 0. The second kappa shape index (κ2) is 5.69. The summed E-state index contributed by atoms with van der Waals surface area (Å²) in [5, 5.41) is 2.79. The second-order valence-corrected chi connectivity index (χ2v) is 5.47. The van der Waals surface area contributed by atoms with Gasteiger partial charge in [-0.05, 0) is 53.3 Å². The average molecular weight is 358 g/mol. The monoisotopic (exact) mass is 358 g/mol. The fraction of sp³-hybridized carbons (Fsp3) is 0.385. The molecule has 1 heterocycles. The van der Waals surface area contributed by atoms with E-state index in [0.29, 0.717) is 25.1 Å². The van der Waals surface area contributed by atoms with Crippen LogP contribution in [0.4, 0.5) is 0 Å². The molecule has 1 aliphatic rings. The molecule has 1 fully saturated rings. The normalized spacial score (nSPS) is 19.6. The van der Waals surface area contributed by atoms with Crippen LogP contribution in [0, 0.1) is 3.57 Å². The van der Waals surface area contributed by atoms with Crippen LogP contribution in [0.25, 0.3) is 0 Å². The molecule has 2 amide bonds. The smallest absolute Gasteiger partial charge is 0.254 e. The van der Waals surface area contributed by atoms with Crippen molar-refractivity contribution >= 4 is 34.4 Å². The predicted molar refractivity (Wildman–Crippen MR) is 77.3 cm³/mol. The maximum atomic E-state index is 12.4. The molecule has 0 saturated carbocycles. The Morgan fingerprint density at radius 2 is 2.11 bits per heavy atom. The molecule has 5 heteroatoms. The van der Waals surface area contributed by atoms with E-state index in [0.717, 1.165) is 3.57 Å².